The molecule has 25 heavy (non-hydrogen) atoms. The maximum absolute atomic E-state index is 10.7. The summed E-state index contributed by atoms with van der Waals surface area (Å²) in [5.41, 5.74) is 3.46. The second-order valence-electron chi connectivity index (χ2n) is 6.32. The van der Waals surface area contributed by atoms with Crippen LogP contribution in [0.5, 0.6) is 17.2 Å². The fraction of sp³-hybridized carbons (Fsp3) is 0.238. The van der Waals surface area contributed by atoms with E-state index in [-0.39, 0.29) is 11.5 Å². The Morgan fingerprint density at radius 2 is 1.68 bits per heavy atom. The second-order valence-corrected chi connectivity index (χ2v) is 6.32. The van der Waals surface area contributed by atoms with Gasteiger partial charge in [0.2, 0.25) is 0 Å². The van der Waals surface area contributed by atoms with E-state index in [0.29, 0.717) is 11.1 Å². The third-order valence-corrected chi connectivity index (χ3v) is 5.33. The number of phenolic OH excluding ortho intramolecular Hbond substituents is 2. The predicted molar refractivity (Wildman–Crippen MR) is 97.3 cm³/mol. The van der Waals surface area contributed by atoms with Gasteiger partial charge >= 0.3 is 0 Å². The molecule has 0 bridgehead atoms. The van der Waals surface area contributed by atoms with E-state index in [4.69, 9.17) is 9.47 Å². The van der Waals surface area contributed by atoms with Crippen LogP contribution in [0.2, 0.25) is 0 Å². The van der Waals surface area contributed by atoms with Crippen LogP contribution in [0.3, 0.4) is 0 Å². The zero-order valence-corrected chi connectivity index (χ0v) is 14.5. The Balaban J connectivity index is 2.19. The molecule has 0 saturated heterocycles. The van der Waals surface area contributed by atoms with E-state index >= 15 is 0 Å². The first-order chi connectivity index (χ1) is 12.1. The van der Waals surface area contributed by atoms with Gasteiger partial charge < -0.3 is 19.7 Å². The van der Waals surface area contributed by atoms with Gasteiger partial charge in [-0.05, 0) is 46.7 Å². The fourth-order valence-corrected chi connectivity index (χ4v) is 4.13. The lowest BCUT2D eigenvalue weighted by Gasteiger charge is -2.29. The van der Waals surface area contributed by atoms with Crippen molar-refractivity contribution in [1.82, 2.24) is 0 Å². The molecular weight excluding hydrogens is 316 g/mol. The number of phenols is 2. The summed E-state index contributed by atoms with van der Waals surface area (Å²) < 4.78 is 11.2. The molecule has 1 atom stereocenters. The monoisotopic (exact) mass is 336 g/mol. The molecule has 3 aromatic rings. The molecule has 128 valence electrons. The third-order valence-electron chi connectivity index (χ3n) is 5.33. The van der Waals surface area contributed by atoms with Gasteiger partial charge in [-0.3, -0.25) is 0 Å². The largest absolute Gasteiger partial charge is 0.507 e. The third kappa shape index (κ3) is 1.91. The smallest absolute Gasteiger partial charge is 0.161 e. The van der Waals surface area contributed by atoms with Crippen LogP contribution in [-0.4, -0.2) is 24.4 Å². The molecule has 4 rings (SSSR count). The van der Waals surface area contributed by atoms with Crippen LogP contribution < -0.4 is 4.74 Å². The van der Waals surface area contributed by atoms with Gasteiger partial charge in [0.15, 0.2) is 11.5 Å². The maximum Gasteiger partial charge on any atom is 0.161 e. The first-order valence-corrected chi connectivity index (χ1v) is 8.29. The van der Waals surface area contributed by atoms with E-state index in [0.717, 1.165) is 34.1 Å². The molecule has 1 aliphatic carbocycles. The SMILES string of the molecule is CCC1(OC)c2ccccc2-c2c1cc(O)c1cc(OC)c(O)cc21. The normalized spacial score (nSPS) is 18.2. The number of rotatable bonds is 3. The summed E-state index contributed by atoms with van der Waals surface area (Å²) in [6.45, 7) is 2.07. The average molecular weight is 336 g/mol. The Morgan fingerprint density at radius 1 is 0.920 bits per heavy atom. The molecule has 0 radical (unpaired) electrons. The Bertz CT molecular complexity index is 987. The van der Waals surface area contributed by atoms with E-state index in [1.54, 1.807) is 25.3 Å². The van der Waals surface area contributed by atoms with Crippen molar-refractivity contribution in [2.75, 3.05) is 14.2 Å². The Labute approximate surface area is 146 Å². The van der Waals surface area contributed by atoms with Crippen molar-refractivity contribution in [3.8, 4) is 28.4 Å². The summed E-state index contributed by atoms with van der Waals surface area (Å²) in [4.78, 5) is 0. The first kappa shape index (κ1) is 15.8. The molecule has 2 N–H and O–H groups in total. The summed E-state index contributed by atoms with van der Waals surface area (Å²) in [6, 6.07) is 13.2. The second kappa shape index (κ2) is 5.39. The summed E-state index contributed by atoms with van der Waals surface area (Å²) in [5.74, 6) is 0.531. The van der Waals surface area contributed by atoms with E-state index in [1.165, 1.54) is 7.11 Å². The first-order valence-electron chi connectivity index (χ1n) is 8.29. The minimum absolute atomic E-state index is 0.0479. The number of ether oxygens (including phenoxy) is 2. The molecule has 1 unspecified atom stereocenters. The van der Waals surface area contributed by atoms with Gasteiger partial charge in [-0.25, -0.2) is 0 Å². The number of hydrogen-bond acceptors (Lipinski definition) is 4. The molecule has 4 heteroatoms. The molecule has 0 heterocycles. The van der Waals surface area contributed by atoms with Gasteiger partial charge in [0.05, 0.1) is 7.11 Å². The van der Waals surface area contributed by atoms with Crippen LogP contribution in [0, 0.1) is 0 Å². The van der Waals surface area contributed by atoms with Crippen molar-refractivity contribution in [3.63, 3.8) is 0 Å². The Hall–Kier alpha value is -2.72. The molecule has 0 aliphatic heterocycles. The van der Waals surface area contributed by atoms with Crippen molar-refractivity contribution >= 4 is 10.8 Å². The molecule has 0 fully saturated rings. The van der Waals surface area contributed by atoms with Crippen LogP contribution in [0.4, 0.5) is 0 Å². The number of methoxy groups -OCH3 is 2. The van der Waals surface area contributed by atoms with Gasteiger partial charge in [0.25, 0.3) is 0 Å². The van der Waals surface area contributed by atoms with Crippen LogP contribution in [-0.2, 0) is 10.3 Å². The van der Waals surface area contributed by atoms with Gasteiger partial charge in [-0.1, -0.05) is 31.2 Å². The topological polar surface area (TPSA) is 58.9 Å². The highest BCUT2D eigenvalue weighted by Gasteiger charge is 2.43. The molecule has 3 aromatic carbocycles. The molecule has 1 aliphatic rings. The quantitative estimate of drug-likeness (QED) is 0.737. The van der Waals surface area contributed by atoms with E-state index < -0.39 is 5.60 Å². The average Bonchev–Trinajstić information content (AvgIpc) is 2.91. The Morgan fingerprint density at radius 3 is 2.36 bits per heavy atom. The fourth-order valence-electron chi connectivity index (χ4n) is 4.13. The lowest BCUT2D eigenvalue weighted by molar-refractivity contribution is 0.0224. The summed E-state index contributed by atoms with van der Waals surface area (Å²) in [6.07, 6.45) is 0.737. The van der Waals surface area contributed by atoms with Crippen LogP contribution in [0.15, 0.2) is 42.5 Å². The molecule has 0 aromatic heterocycles. The lowest BCUT2D eigenvalue weighted by atomic mass is 9.87. The lowest BCUT2D eigenvalue weighted by Crippen LogP contribution is -2.26. The van der Waals surface area contributed by atoms with E-state index in [1.807, 2.05) is 12.1 Å². The highest BCUT2D eigenvalue weighted by Crippen LogP contribution is 2.55. The van der Waals surface area contributed by atoms with Crippen LogP contribution in [0.25, 0.3) is 21.9 Å². The van der Waals surface area contributed by atoms with E-state index in [9.17, 15) is 10.2 Å². The minimum atomic E-state index is -0.604. The van der Waals surface area contributed by atoms with Crippen molar-refractivity contribution in [2.24, 2.45) is 0 Å². The van der Waals surface area contributed by atoms with Crippen molar-refractivity contribution in [3.05, 3.63) is 53.6 Å². The number of hydrogen-bond donors (Lipinski definition) is 2. The zero-order chi connectivity index (χ0) is 17.8. The van der Waals surface area contributed by atoms with Gasteiger partial charge in [-0.15, -0.1) is 0 Å². The maximum atomic E-state index is 10.7. The molecule has 0 saturated carbocycles. The van der Waals surface area contributed by atoms with Gasteiger partial charge in [-0.2, -0.15) is 0 Å². The minimum Gasteiger partial charge on any atom is -0.507 e. The van der Waals surface area contributed by atoms with Gasteiger partial charge in [0, 0.05) is 18.1 Å². The zero-order valence-electron chi connectivity index (χ0n) is 14.5. The standard InChI is InChI=1S/C21H20O4/c1-4-21(25-3)15-8-6-5-7-12(15)20-14-9-18(23)19(24-2)10-13(14)17(22)11-16(20)21/h5-11,22-23H,4H2,1-3H3. The van der Waals surface area contributed by atoms with Crippen LogP contribution in [0.1, 0.15) is 24.5 Å². The Kier molecular flexibility index (Phi) is 3.41. The highest BCUT2D eigenvalue weighted by atomic mass is 16.5. The van der Waals surface area contributed by atoms with E-state index in [2.05, 4.69) is 19.1 Å². The number of fused-ring (bicyclic) bond motifs is 5. The number of aromatic hydroxyl groups is 2. The summed E-state index contributed by atoms with van der Waals surface area (Å²) >= 11 is 0. The van der Waals surface area contributed by atoms with Crippen molar-refractivity contribution < 1.29 is 19.7 Å². The number of benzene rings is 3. The van der Waals surface area contributed by atoms with Crippen molar-refractivity contribution in [1.29, 1.82) is 0 Å². The van der Waals surface area contributed by atoms with Crippen LogP contribution >= 0.6 is 0 Å². The molecular formula is C21H20O4. The molecule has 0 spiro atoms. The van der Waals surface area contributed by atoms with Crippen molar-refractivity contribution in [2.45, 2.75) is 18.9 Å². The highest BCUT2D eigenvalue weighted by molar-refractivity contribution is 6.06. The van der Waals surface area contributed by atoms with Gasteiger partial charge in [0.1, 0.15) is 11.4 Å². The summed E-state index contributed by atoms with van der Waals surface area (Å²) in [7, 11) is 3.19. The molecule has 4 nitrogen and oxygen atoms in total. The summed E-state index contributed by atoms with van der Waals surface area (Å²) in [5, 5.41) is 22.4. The molecule has 0 amide bonds. The predicted octanol–water partition coefficient (Wildman–Crippen LogP) is 4.54.